The summed E-state index contributed by atoms with van der Waals surface area (Å²) >= 11 is 0. The van der Waals surface area contributed by atoms with Crippen LogP contribution in [0.15, 0.2) is 24.3 Å². The Balaban J connectivity index is 2.76. The van der Waals surface area contributed by atoms with Crippen LogP contribution in [-0.2, 0) is 6.54 Å². The van der Waals surface area contributed by atoms with Gasteiger partial charge in [0.05, 0.1) is 14.2 Å². The zero-order chi connectivity index (χ0) is 15.6. The molecule has 2 N–H and O–H groups in total. The van der Waals surface area contributed by atoms with Crippen LogP contribution in [0.4, 0.5) is 13.2 Å². The summed E-state index contributed by atoms with van der Waals surface area (Å²) in [6.45, 7) is 0.179. The second-order valence-corrected chi connectivity index (χ2v) is 4.31. The predicted molar refractivity (Wildman–Crippen MR) is 72.7 cm³/mol. The second-order valence-electron chi connectivity index (χ2n) is 4.31. The van der Waals surface area contributed by atoms with Gasteiger partial charge in [0.15, 0.2) is 29.0 Å². The van der Waals surface area contributed by atoms with Crippen LogP contribution < -0.4 is 15.2 Å². The Kier molecular flexibility index (Phi) is 4.37. The Labute approximate surface area is 120 Å². The minimum Gasteiger partial charge on any atom is -0.493 e. The maximum absolute atomic E-state index is 14.0. The Hall–Kier alpha value is -2.21. The third-order valence-electron chi connectivity index (χ3n) is 3.10. The molecular formula is C15H14F3NO2. The molecule has 0 radical (unpaired) electrons. The van der Waals surface area contributed by atoms with Crippen LogP contribution in [0.25, 0.3) is 11.1 Å². The van der Waals surface area contributed by atoms with Gasteiger partial charge in [-0.3, -0.25) is 0 Å². The highest BCUT2D eigenvalue weighted by Crippen LogP contribution is 2.40. The normalized spacial score (nSPS) is 10.6. The predicted octanol–water partition coefficient (Wildman–Crippen LogP) is 3.25. The van der Waals surface area contributed by atoms with Crippen LogP contribution in [0.2, 0.25) is 0 Å². The average Bonchev–Trinajstić information content (AvgIpc) is 2.51. The molecule has 2 rings (SSSR count). The van der Waals surface area contributed by atoms with Crippen molar-refractivity contribution >= 4 is 0 Å². The molecule has 0 saturated heterocycles. The van der Waals surface area contributed by atoms with Crippen molar-refractivity contribution in [1.29, 1.82) is 0 Å². The number of ether oxygens (including phenoxy) is 2. The molecule has 0 unspecified atom stereocenters. The Bertz CT molecular complexity index is 674. The van der Waals surface area contributed by atoms with Crippen LogP contribution in [0.1, 0.15) is 5.56 Å². The molecule has 21 heavy (non-hydrogen) atoms. The van der Waals surface area contributed by atoms with E-state index in [0.29, 0.717) is 11.3 Å². The zero-order valence-electron chi connectivity index (χ0n) is 11.5. The highest BCUT2D eigenvalue weighted by molar-refractivity contribution is 5.75. The molecule has 0 saturated carbocycles. The molecule has 2 aromatic carbocycles. The first-order chi connectivity index (χ1) is 10.0. The Morgan fingerprint density at radius 1 is 0.952 bits per heavy atom. The van der Waals surface area contributed by atoms with E-state index < -0.39 is 17.5 Å². The van der Waals surface area contributed by atoms with Gasteiger partial charge in [-0.2, -0.15) is 0 Å². The molecule has 0 atom stereocenters. The van der Waals surface area contributed by atoms with Crippen LogP contribution in [-0.4, -0.2) is 14.2 Å². The van der Waals surface area contributed by atoms with Gasteiger partial charge in [0.1, 0.15) is 0 Å². The first kappa shape index (κ1) is 15.2. The van der Waals surface area contributed by atoms with E-state index in [4.69, 9.17) is 15.2 Å². The van der Waals surface area contributed by atoms with Gasteiger partial charge < -0.3 is 15.2 Å². The summed E-state index contributed by atoms with van der Waals surface area (Å²) in [5.74, 6) is -3.52. The van der Waals surface area contributed by atoms with Crippen molar-refractivity contribution in [3.63, 3.8) is 0 Å². The quantitative estimate of drug-likeness (QED) is 0.881. The Morgan fingerprint density at radius 2 is 1.67 bits per heavy atom. The van der Waals surface area contributed by atoms with Crippen molar-refractivity contribution in [2.24, 2.45) is 5.73 Å². The summed E-state index contributed by atoms with van der Waals surface area (Å²) in [7, 11) is 2.80. The highest BCUT2D eigenvalue weighted by Gasteiger charge is 2.20. The molecule has 6 heteroatoms. The van der Waals surface area contributed by atoms with Crippen molar-refractivity contribution in [2.75, 3.05) is 14.2 Å². The lowest BCUT2D eigenvalue weighted by molar-refractivity contribution is 0.355. The SMILES string of the molecule is COc1cc(CN)cc(-c2ccc(F)c(F)c2F)c1OC. The zero-order valence-corrected chi connectivity index (χ0v) is 11.5. The van der Waals surface area contributed by atoms with Crippen LogP contribution in [0.5, 0.6) is 11.5 Å². The lowest BCUT2D eigenvalue weighted by atomic mass is 10.00. The second kappa shape index (κ2) is 6.05. The van der Waals surface area contributed by atoms with Gasteiger partial charge in [-0.05, 0) is 29.8 Å². The highest BCUT2D eigenvalue weighted by atomic mass is 19.2. The summed E-state index contributed by atoms with van der Waals surface area (Å²) in [5, 5.41) is 0. The Morgan fingerprint density at radius 3 is 2.24 bits per heavy atom. The van der Waals surface area contributed by atoms with E-state index in [0.717, 1.165) is 12.1 Å². The monoisotopic (exact) mass is 297 g/mol. The van der Waals surface area contributed by atoms with E-state index in [1.165, 1.54) is 14.2 Å². The van der Waals surface area contributed by atoms with E-state index in [9.17, 15) is 13.2 Å². The minimum atomic E-state index is -1.54. The van der Waals surface area contributed by atoms with Gasteiger partial charge in [0, 0.05) is 17.7 Å². The number of rotatable bonds is 4. The molecule has 0 aliphatic rings. The van der Waals surface area contributed by atoms with Crippen molar-refractivity contribution < 1.29 is 22.6 Å². The third kappa shape index (κ3) is 2.67. The number of hydrogen-bond donors (Lipinski definition) is 1. The number of hydrogen-bond acceptors (Lipinski definition) is 3. The van der Waals surface area contributed by atoms with Crippen LogP contribution in [0, 0.1) is 17.5 Å². The molecule has 2 aromatic rings. The molecule has 0 aromatic heterocycles. The van der Waals surface area contributed by atoms with Gasteiger partial charge in [-0.25, -0.2) is 13.2 Å². The van der Waals surface area contributed by atoms with E-state index in [1.54, 1.807) is 12.1 Å². The fourth-order valence-corrected chi connectivity index (χ4v) is 2.07. The summed E-state index contributed by atoms with van der Waals surface area (Å²) in [6.07, 6.45) is 0. The largest absolute Gasteiger partial charge is 0.493 e. The van der Waals surface area contributed by atoms with Gasteiger partial charge in [-0.1, -0.05) is 0 Å². The first-order valence-electron chi connectivity index (χ1n) is 6.12. The summed E-state index contributed by atoms with van der Waals surface area (Å²) in [4.78, 5) is 0. The lowest BCUT2D eigenvalue weighted by Crippen LogP contribution is -2.02. The maximum Gasteiger partial charge on any atom is 0.195 e. The average molecular weight is 297 g/mol. The number of halogens is 3. The fourth-order valence-electron chi connectivity index (χ4n) is 2.07. The standard InChI is InChI=1S/C15H14F3NO2/c1-20-12-6-8(7-19)5-10(15(12)21-2)9-3-4-11(16)14(18)13(9)17/h3-6H,7,19H2,1-2H3. The van der Waals surface area contributed by atoms with E-state index in [2.05, 4.69) is 0 Å². The van der Waals surface area contributed by atoms with Crippen molar-refractivity contribution in [3.05, 3.63) is 47.3 Å². The molecule has 0 heterocycles. The molecule has 3 nitrogen and oxygen atoms in total. The first-order valence-corrected chi connectivity index (χ1v) is 6.12. The molecule has 0 spiro atoms. The van der Waals surface area contributed by atoms with E-state index in [-0.39, 0.29) is 23.4 Å². The summed E-state index contributed by atoms with van der Waals surface area (Å²) in [6, 6.07) is 5.19. The third-order valence-corrected chi connectivity index (χ3v) is 3.10. The molecule has 0 fully saturated rings. The maximum atomic E-state index is 14.0. The summed E-state index contributed by atoms with van der Waals surface area (Å²) in [5.41, 5.74) is 6.34. The fraction of sp³-hybridized carbons (Fsp3) is 0.200. The molecule has 0 bridgehead atoms. The van der Waals surface area contributed by atoms with E-state index in [1.807, 2.05) is 0 Å². The molecular weight excluding hydrogens is 283 g/mol. The van der Waals surface area contributed by atoms with Gasteiger partial charge in [0.2, 0.25) is 0 Å². The van der Waals surface area contributed by atoms with Crippen LogP contribution in [0.3, 0.4) is 0 Å². The topological polar surface area (TPSA) is 44.5 Å². The molecule has 0 amide bonds. The van der Waals surface area contributed by atoms with Crippen molar-refractivity contribution in [3.8, 4) is 22.6 Å². The number of benzene rings is 2. The number of methoxy groups -OCH3 is 2. The molecule has 0 aliphatic heterocycles. The van der Waals surface area contributed by atoms with E-state index >= 15 is 0 Å². The lowest BCUT2D eigenvalue weighted by Gasteiger charge is -2.15. The van der Waals surface area contributed by atoms with Crippen LogP contribution >= 0.6 is 0 Å². The van der Waals surface area contributed by atoms with Gasteiger partial charge in [0.25, 0.3) is 0 Å². The van der Waals surface area contributed by atoms with Crippen molar-refractivity contribution in [2.45, 2.75) is 6.54 Å². The van der Waals surface area contributed by atoms with Gasteiger partial charge >= 0.3 is 0 Å². The number of nitrogens with two attached hydrogens (primary N) is 1. The summed E-state index contributed by atoms with van der Waals surface area (Å²) < 4.78 is 50.8. The molecule has 112 valence electrons. The molecule has 0 aliphatic carbocycles. The minimum absolute atomic E-state index is 0.126. The van der Waals surface area contributed by atoms with Gasteiger partial charge in [-0.15, -0.1) is 0 Å². The smallest absolute Gasteiger partial charge is 0.195 e. The van der Waals surface area contributed by atoms with Crippen molar-refractivity contribution in [1.82, 2.24) is 0 Å².